The molecule has 0 saturated carbocycles. The fraction of sp³-hybridized carbons (Fsp3) is 0.280. The number of hydrogen-bond acceptors (Lipinski definition) is 1. The molecule has 0 heterocycles. The van der Waals surface area contributed by atoms with Gasteiger partial charge in [0, 0.05) is 11.6 Å². The lowest BCUT2D eigenvalue weighted by Gasteiger charge is -2.08. The molecule has 1 nitrogen and oxygen atoms in total. The van der Waals surface area contributed by atoms with Crippen molar-refractivity contribution in [3.63, 3.8) is 0 Å². The van der Waals surface area contributed by atoms with Gasteiger partial charge in [0.2, 0.25) is 0 Å². The van der Waals surface area contributed by atoms with Gasteiger partial charge in [0.1, 0.15) is 11.6 Å². The minimum atomic E-state index is -0.249. The van der Waals surface area contributed by atoms with Gasteiger partial charge in [0.25, 0.3) is 0 Å². The fourth-order valence-corrected chi connectivity index (χ4v) is 3.29. The molecule has 0 aliphatic heterocycles. The highest BCUT2D eigenvalue weighted by Crippen LogP contribution is 2.27. The van der Waals surface area contributed by atoms with E-state index in [0.717, 1.165) is 24.8 Å². The number of hydrogen-bond donors (Lipinski definition) is 0. The smallest absolute Gasteiger partial charge is 0.134 e. The predicted octanol–water partition coefficient (Wildman–Crippen LogP) is 6.63. The molecular formula is C25H27FO. The van der Waals surface area contributed by atoms with Crippen molar-refractivity contribution in [3.8, 4) is 16.9 Å². The number of ether oxygens (including phenoxy) is 1. The van der Waals surface area contributed by atoms with Crippen LogP contribution in [0.3, 0.4) is 0 Å². The van der Waals surface area contributed by atoms with Crippen molar-refractivity contribution in [1.29, 1.82) is 0 Å². The second-order valence-corrected chi connectivity index (χ2v) is 6.84. The van der Waals surface area contributed by atoms with Crippen molar-refractivity contribution < 1.29 is 9.13 Å². The lowest BCUT2D eigenvalue weighted by molar-refractivity contribution is 0.338. The van der Waals surface area contributed by atoms with Gasteiger partial charge in [-0.25, -0.2) is 4.39 Å². The monoisotopic (exact) mass is 362 g/mol. The summed E-state index contributed by atoms with van der Waals surface area (Å²) in [6.07, 6.45) is 4.33. The van der Waals surface area contributed by atoms with Crippen LogP contribution >= 0.6 is 0 Å². The Morgan fingerprint density at radius 1 is 0.704 bits per heavy atom. The molecule has 2 heteroatoms. The molecule has 27 heavy (non-hydrogen) atoms. The second-order valence-electron chi connectivity index (χ2n) is 6.84. The molecule has 0 bridgehead atoms. The van der Waals surface area contributed by atoms with Gasteiger partial charge in [-0.3, -0.25) is 0 Å². The first-order chi connectivity index (χ1) is 13.2. The van der Waals surface area contributed by atoms with E-state index in [1.807, 2.05) is 25.1 Å². The molecule has 0 amide bonds. The van der Waals surface area contributed by atoms with Crippen LogP contribution in [0.4, 0.5) is 4.39 Å². The summed E-state index contributed by atoms with van der Waals surface area (Å²) in [5, 5.41) is 0. The molecule has 0 atom stereocenters. The Morgan fingerprint density at radius 3 is 1.78 bits per heavy atom. The molecule has 0 aromatic heterocycles. The highest BCUT2D eigenvalue weighted by molar-refractivity contribution is 5.65. The van der Waals surface area contributed by atoms with Gasteiger partial charge in [-0.2, -0.15) is 0 Å². The van der Waals surface area contributed by atoms with E-state index in [1.54, 1.807) is 6.07 Å². The summed E-state index contributed by atoms with van der Waals surface area (Å²) >= 11 is 0. The van der Waals surface area contributed by atoms with Crippen molar-refractivity contribution in [1.82, 2.24) is 0 Å². The molecule has 3 rings (SSSR count). The average Bonchev–Trinajstić information content (AvgIpc) is 2.69. The molecule has 0 fully saturated rings. The van der Waals surface area contributed by atoms with Crippen LogP contribution in [0, 0.1) is 5.82 Å². The molecule has 0 aliphatic rings. The number of rotatable bonds is 8. The third-order valence-electron chi connectivity index (χ3n) is 4.78. The van der Waals surface area contributed by atoms with Crippen molar-refractivity contribution in [2.75, 3.05) is 6.61 Å². The van der Waals surface area contributed by atoms with E-state index in [2.05, 4.69) is 43.3 Å². The van der Waals surface area contributed by atoms with E-state index in [1.165, 1.54) is 29.2 Å². The van der Waals surface area contributed by atoms with Crippen LogP contribution in [0.1, 0.15) is 37.0 Å². The van der Waals surface area contributed by atoms with Crippen LogP contribution in [0.15, 0.2) is 66.7 Å². The summed E-state index contributed by atoms with van der Waals surface area (Å²) in [5.74, 6) is 0.321. The van der Waals surface area contributed by atoms with Gasteiger partial charge < -0.3 is 4.74 Å². The SMILES string of the molecule is CCCc1ccc(CCc2ccc(-c3ccc(OCC)cc3F)cc2)cc1. The Hall–Kier alpha value is -2.61. The maximum atomic E-state index is 14.3. The number of aryl methyl sites for hydroxylation is 3. The normalized spacial score (nSPS) is 10.8. The first kappa shape index (κ1) is 19.2. The highest BCUT2D eigenvalue weighted by atomic mass is 19.1. The van der Waals surface area contributed by atoms with E-state index in [4.69, 9.17) is 4.74 Å². The fourth-order valence-electron chi connectivity index (χ4n) is 3.29. The Balaban J connectivity index is 1.63. The summed E-state index contributed by atoms with van der Waals surface area (Å²) in [7, 11) is 0. The highest BCUT2D eigenvalue weighted by Gasteiger charge is 2.07. The standard InChI is InChI=1S/C25H27FO/c1-3-5-19-6-8-20(9-7-19)10-11-21-12-14-22(15-13-21)24-17-16-23(27-4-2)18-25(24)26/h6-9,12-18H,3-5,10-11H2,1-2H3. The first-order valence-electron chi connectivity index (χ1n) is 9.79. The Labute approximate surface area is 161 Å². The molecule has 0 N–H and O–H groups in total. The largest absolute Gasteiger partial charge is 0.494 e. The van der Waals surface area contributed by atoms with Crippen molar-refractivity contribution in [3.05, 3.63) is 89.2 Å². The molecule has 3 aromatic carbocycles. The van der Waals surface area contributed by atoms with E-state index >= 15 is 0 Å². The topological polar surface area (TPSA) is 9.23 Å². The molecule has 140 valence electrons. The average molecular weight is 362 g/mol. The van der Waals surface area contributed by atoms with Crippen LogP contribution in [-0.2, 0) is 19.3 Å². The maximum Gasteiger partial charge on any atom is 0.134 e. The molecule has 0 aliphatic carbocycles. The van der Waals surface area contributed by atoms with E-state index in [-0.39, 0.29) is 5.82 Å². The number of benzene rings is 3. The minimum Gasteiger partial charge on any atom is -0.494 e. The summed E-state index contributed by atoms with van der Waals surface area (Å²) in [5.41, 5.74) is 5.53. The van der Waals surface area contributed by atoms with Crippen LogP contribution in [-0.4, -0.2) is 6.61 Å². The van der Waals surface area contributed by atoms with Crippen LogP contribution in [0.25, 0.3) is 11.1 Å². The minimum absolute atomic E-state index is 0.249. The van der Waals surface area contributed by atoms with Crippen LogP contribution < -0.4 is 4.74 Å². The van der Waals surface area contributed by atoms with Gasteiger partial charge in [-0.15, -0.1) is 0 Å². The van der Waals surface area contributed by atoms with Crippen LogP contribution in [0.2, 0.25) is 0 Å². The van der Waals surface area contributed by atoms with Crippen molar-refractivity contribution >= 4 is 0 Å². The summed E-state index contributed by atoms with van der Waals surface area (Å²) in [6.45, 7) is 4.63. The summed E-state index contributed by atoms with van der Waals surface area (Å²) in [4.78, 5) is 0. The zero-order valence-corrected chi connectivity index (χ0v) is 16.2. The first-order valence-corrected chi connectivity index (χ1v) is 9.79. The number of halogens is 1. The lowest BCUT2D eigenvalue weighted by Crippen LogP contribution is -1.94. The Bertz CT molecular complexity index is 850. The quantitative estimate of drug-likeness (QED) is 0.437. The molecular weight excluding hydrogens is 335 g/mol. The molecule has 0 radical (unpaired) electrons. The lowest BCUT2D eigenvalue weighted by atomic mass is 9.99. The Kier molecular flexibility index (Phi) is 6.64. The zero-order valence-electron chi connectivity index (χ0n) is 16.2. The van der Waals surface area contributed by atoms with Crippen molar-refractivity contribution in [2.45, 2.75) is 39.5 Å². The zero-order chi connectivity index (χ0) is 19.1. The summed E-state index contributed by atoms with van der Waals surface area (Å²) < 4.78 is 19.7. The van der Waals surface area contributed by atoms with E-state index in [9.17, 15) is 4.39 Å². The van der Waals surface area contributed by atoms with Crippen LogP contribution in [0.5, 0.6) is 5.75 Å². The maximum absolute atomic E-state index is 14.3. The molecule has 0 unspecified atom stereocenters. The van der Waals surface area contributed by atoms with Gasteiger partial charge >= 0.3 is 0 Å². The molecule has 3 aromatic rings. The predicted molar refractivity (Wildman–Crippen MR) is 111 cm³/mol. The third kappa shape index (κ3) is 5.19. The molecule has 0 spiro atoms. The van der Waals surface area contributed by atoms with Gasteiger partial charge in [0.05, 0.1) is 6.61 Å². The van der Waals surface area contributed by atoms with Crippen molar-refractivity contribution in [2.24, 2.45) is 0 Å². The van der Waals surface area contributed by atoms with Gasteiger partial charge in [-0.05, 0) is 60.6 Å². The van der Waals surface area contributed by atoms with E-state index < -0.39 is 0 Å². The van der Waals surface area contributed by atoms with E-state index in [0.29, 0.717) is 17.9 Å². The Morgan fingerprint density at radius 2 is 1.26 bits per heavy atom. The third-order valence-corrected chi connectivity index (χ3v) is 4.78. The van der Waals surface area contributed by atoms with Gasteiger partial charge in [-0.1, -0.05) is 61.9 Å². The second kappa shape index (κ2) is 9.36. The summed E-state index contributed by atoms with van der Waals surface area (Å²) in [6, 6.07) is 22.2. The molecule has 0 saturated heterocycles. The van der Waals surface area contributed by atoms with Gasteiger partial charge in [0.15, 0.2) is 0 Å².